The highest BCUT2D eigenvalue weighted by Gasteiger charge is 2.24. The van der Waals surface area contributed by atoms with Crippen LogP contribution in [-0.4, -0.2) is 31.3 Å². The number of rotatable bonds is 2. The zero-order chi connectivity index (χ0) is 9.10. The fraction of sp³-hybridized carbons (Fsp3) is 0.889. The molecule has 74 valence electrons. The average molecular weight is 184 g/mol. The van der Waals surface area contributed by atoms with Crippen LogP contribution >= 0.6 is 0 Å². The predicted octanol–water partition coefficient (Wildman–Crippen LogP) is 0.627. The Bertz CT molecular complexity index is 186. The summed E-state index contributed by atoms with van der Waals surface area (Å²) in [5.74, 6) is 0. The maximum atomic E-state index is 11.3. The van der Waals surface area contributed by atoms with Crippen molar-refractivity contribution < 1.29 is 9.53 Å². The second kappa shape index (κ2) is 3.96. The summed E-state index contributed by atoms with van der Waals surface area (Å²) in [6.07, 6.45) is 4.17. The molecule has 0 aromatic carbocycles. The molecule has 2 aliphatic rings. The standard InChI is InChI=1S/C9H16N2O2/c12-9(10-7-1-2-7)11-8-3-5-13-6-4-8/h7-8H,1-6H2,(H2,10,11,12). The average Bonchev–Trinajstić information content (AvgIpc) is 2.90. The topological polar surface area (TPSA) is 50.4 Å². The second-order valence-corrected chi connectivity index (χ2v) is 3.78. The van der Waals surface area contributed by atoms with Crippen molar-refractivity contribution in [3.8, 4) is 0 Å². The van der Waals surface area contributed by atoms with Crippen LogP contribution in [0.15, 0.2) is 0 Å². The van der Waals surface area contributed by atoms with Crippen LogP contribution in [0.4, 0.5) is 4.79 Å². The molecular formula is C9H16N2O2. The minimum atomic E-state index is -0.00519. The number of carbonyl (C=O) groups is 1. The van der Waals surface area contributed by atoms with E-state index in [1.54, 1.807) is 0 Å². The van der Waals surface area contributed by atoms with Crippen LogP contribution in [0.3, 0.4) is 0 Å². The van der Waals surface area contributed by atoms with Gasteiger partial charge in [0.15, 0.2) is 0 Å². The van der Waals surface area contributed by atoms with E-state index in [1.165, 1.54) is 0 Å². The Kier molecular flexibility index (Phi) is 2.68. The highest BCUT2D eigenvalue weighted by Crippen LogP contribution is 2.18. The van der Waals surface area contributed by atoms with Crippen LogP contribution in [-0.2, 0) is 4.74 Å². The molecule has 0 aromatic rings. The van der Waals surface area contributed by atoms with Gasteiger partial charge in [0.1, 0.15) is 0 Å². The van der Waals surface area contributed by atoms with Crippen molar-refractivity contribution in [1.82, 2.24) is 10.6 Å². The van der Waals surface area contributed by atoms with Crippen molar-refractivity contribution in [2.24, 2.45) is 0 Å². The van der Waals surface area contributed by atoms with Gasteiger partial charge < -0.3 is 15.4 Å². The zero-order valence-electron chi connectivity index (χ0n) is 7.71. The second-order valence-electron chi connectivity index (χ2n) is 3.78. The number of urea groups is 1. The summed E-state index contributed by atoms with van der Waals surface area (Å²) in [6, 6.07) is 0.752. The molecule has 0 unspecified atom stereocenters. The third-order valence-corrected chi connectivity index (χ3v) is 2.47. The zero-order valence-corrected chi connectivity index (χ0v) is 7.71. The van der Waals surface area contributed by atoms with Crippen molar-refractivity contribution in [1.29, 1.82) is 0 Å². The van der Waals surface area contributed by atoms with Gasteiger partial charge in [0.05, 0.1) is 0 Å². The van der Waals surface area contributed by atoms with E-state index >= 15 is 0 Å². The van der Waals surface area contributed by atoms with Crippen LogP contribution in [0, 0.1) is 0 Å². The van der Waals surface area contributed by atoms with Gasteiger partial charge >= 0.3 is 6.03 Å². The summed E-state index contributed by atoms with van der Waals surface area (Å²) >= 11 is 0. The van der Waals surface area contributed by atoms with E-state index in [4.69, 9.17) is 4.74 Å². The summed E-state index contributed by atoms with van der Waals surface area (Å²) in [7, 11) is 0. The Hall–Kier alpha value is -0.770. The molecule has 2 N–H and O–H groups in total. The first-order valence-corrected chi connectivity index (χ1v) is 4.99. The van der Waals surface area contributed by atoms with E-state index in [0.29, 0.717) is 12.1 Å². The van der Waals surface area contributed by atoms with Crippen molar-refractivity contribution in [3.05, 3.63) is 0 Å². The third kappa shape index (κ3) is 2.88. The fourth-order valence-electron chi connectivity index (χ4n) is 1.48. The van der Waals surface area contributed by atoms with E-state index in [-0.39, 0.29) is 6.03 Å². The summed E-state index contributed by atoms with van der Waals surface area (Å²) < 4.78 is 5.20. The lowest BCUT2D eigenvalue weighted by Gasteiger charge is -2.23. The van der Waals surface area contributed by atoms with Gasteiger partial charge in [-0.05, 0) is 25.7 Å². The summed E-state index contributed by atoms with van der Waals surface area (Å²) in [4.78, 5) is 11.3. The molecule has 1 aliphatic carbocycles. The van der Waals surface area contributed by atoms with Crippen LogP contribution in [0.5, 0.6) is 0 Å². The predicted molar refractivity (Wildman–Crippen MR) is 48.5 cm³/mol. The SMILES string of the molecule is O=C(NC1CCOCC1)NC1CC1. The van der Waals surface area contributed by atoms with Gasteiger partial charge in [0.25, 0.3) is 0 Å². The Morgan fingerprint density at radius 3 is 2.08 bits per heavy atom. The lowest BCUT2D eigenvalue weighted by Crippen LogP contribution is -2.45. The van der Waals surface area contributed by atoms with Crippen molar-refractivity contribution >= 4 is 6.03 Å². The Balaban J connectivity index is 1.66. The molecule has 0 bridgehead atoms. The normalized spacial score (nSPS) is 24.0. The monoisotopic (exact) mass is 184 g/mol. The summed E-state index contributed by atoms with van der Waals surface area (Å²) in [5.41, 5.74) is 0. The quantitative estimate of drug-likeness (QED) is 0.661. The maximum Gasteiger partial charge on any atom is 0.315 e. The number of nitrogens with one attached hydrogen (secondary N) is 2. The Morgan fingerprint density at radius 2 is 1.54 bits per heavy atom. The molecule has 4 heteroatoms. The molecule has 2 fully saturated rings. The first kappa shape index (κ1) is 8.81. The molecule has 2 amide bonds. The molecule has 0 radical (unpaired) electrons. The van der Waals surface area contributed by atoms with Gasteiger partial charge in [-0.2, -0.15) is 0 Å². The first-order valence-electron chi connectivity index (χ1n) is 4.99. The van der Waals surface area contributed by atoms with Gasteiger partial charge in [-0.15, -0.1) is 0 Å². The van der Waals surface area contributed by atoms with E-state index in [0.717, 1.165) is 38.9 Å². The van der Waals surface area contributed by atoms with Gasteiger partial charge in [-0.3, -0.25) is 0 Å². The number of carbonyl (C=O) groups excluding carboxylic acids is 1. The summed E-state index contributed by atoms with van der Waals surface area (Å²) in [6.45, 7) is 1.54. The molecule has 2 rings (SSSR count). The molecule has 1 aliphatic heterocycles. The Labute approximate surface area is 78.0 Å². The minimum absolute atomic E-state index is 0.00519. The molecule has 1 saturated carbocycles. The molecule has 0 spiro atoms. The molecule has 0 atom stereocenters. The molecular weight excluding hydrogens is 168 g/mol. The van der Waals surface area contributed by atoms with E-state index < -0.39 is 0 Å². The minimum Gasteiger partial charge on any atom is -0.381 e. The van der Waals surface area contributed by atoms with Crippen LogP contribution in [0.1, 0.15) is 25.7 Å². The van der Waals surface area contributed by atoms with Crippen molar-refractivity contribution in [2.45, 2.75) is 37.8 Å². The maximum absolute atomic E-state index is 11.3. The van der Waals surface area contributed by atoms with Gasteiger partial charge in [0.2, 0.25) is 0 Å². The smallest absolute Gasteiger partial charge is 0.315 e. The number of hydrogen-bond acceptors (Lipinski definition) is 2. The molecule has 1 saturated heterocycles. The lowest BCUT2D eigenvalue weighted by molar-refractivity contribution is 0.0801. The third-order valence-electron chi connectivity index (χ3n) is 2.47. The first-order chi connectivity index (χ1) is 6.34. The summed E-state index contributed by atoms with van der Waals surface area (Å²) in [5, 5.41) is 5.87. The van der Waals surface area contributed by atoms with Crippen LogP contribution in [0.2, 0.25) is 0 Å². The Morgan fingerprint density at radius 1 is 1.00 bits per heavy atom. The van der Waals surface area contributed by atoms with Crippen LogP contribution in [0.25, 0.3) is 0 Å². The van der Waals surface area contributed by atoms with Crippen molar-refractivity contribution in [3.63, 3.8) is 0 Å². The fourth-order valence-corrected chi connectivity index (χ4v) is 1.48. The van der Waals surface area contributed by atoms with Gasteiger partial charge in [0, 0.05) is 25.3 Å². The number of amides is 2. The van der Waals surface area contributed by atoms with Gasteiger partial charge in [-0.25, -0.2) is 4.79 Å². The highest BCUT2D eigenvalue weighted by atomic mass is 16.5. The molecule has 4 nitrogen and oxygen atoms in total. The molecule has 0 aromatic heterocycles. The van der Waals surface area contributed by atoms with Gasteiger partial charge in [-0.1, -0.05) is 0 Å². The lowest BCUT2D eigenvalue weighted by atomic mass is 10.1. The largest absolute Gasteiger partial charge is 0.381 e. The van der Waals surface area contributed by atoms with E-state index in [9.17, 15) is 4.79 Å². The molecule has 1 heterocycles. The van der Waals surface area contributed by atoms with E-state index in [2.05, 4.69) is 10.6 Å². The number of hydrogen-bond donors (Lipinski definition) is 2. The molecule has 13 heavy (non-hydrogen) atoms. The number of ether oxygens (including phenoxy) is 1. The van der Waals surface area contributed by atoms with Crippen molar-refractivity contribution in [2.75, 3.05) is 13.2 Å². The van der Waals surface area contributed by atoms with Crippen LogP contribution < -0.4 is 10.6 Å². The van der Waals surface area contributed by atoms with E-state index in [1.807, 2.05) is 0 Å². The highest BCUT2D eigenvalue weighted by molar-refractivity contribution is 5.74.